The lowest BCUT2D eigenvalue weighted by Gasteiger charge is -2.19. The molecule has 1 atom stereocenters. The van der Waals surface area contributed by atoms with E-state index in [1.54, 1.807) is 25.4 Å². The number of nitrogens with zero attached hydrogens (tertiary/aromatic N) is 2. The summed E-state index contributed by atoms with van der Waals surface area (Å²) in [6, 6.07) is 11.9. The lowest BCUT2D eigenvalue weighted by molar-refractivity contribution is -0.127. The fourth-order valence-electron chi connectivity index (χ4n) is 2.24. The van der Waals surface area contributed by atoms with Gasteiger partial charge in [-0.1, -0.05) is 29.8 Å². The van der Waals surface area contributed by atoms with E-state index >= 15 is 0 Å². The minimum Gasteiger partial charge on any atom is -0.356 e. The Labute approximate surface area is 164 Å². The summed E-state index contributed by atoms with van der Waals surface area (Å²) in [5, 5.41) is 9.45. The average Bonchev–Trinajstić information content (AvgIpc) is 3.13. The normalized spacial score (nSPS) is 12.5. The van der Waals surface area contributed by atoms with Gasteiger partial charge in [0.15, 0.2) is 5.96 Å². The first-order valence-corrected chi connectivity index (χ1v) is 9.74. The first-order valence-electron chi connectivity index (χ1n) is 8.48. The molecule has 0 fully saturated rings. The Balaban J connectivity index is 1.99. The second-order valence-electron chi connectivity index (χ2n) is 6.13. The lowest BCUT2D eigenvalue weighted by atomic mass is 10.1. The zero-order chi connectivity index (χ0) is 18.9. The van der Waals surface area contributed by atoms with Crippen LogP contribution in [0.4, 0.5) is 0 Å². The maximum absolute atomic E-state index is 11.9. The summed E-state index contributed by atoms with van der Waals surface area (Å²) in [5.41, 5.74) is 1.10. The van der Waals surface area contributed by atoms with Gasteiger partial charge in [0.2, 0.25) is 5.91 Å². The van der Waals surface area contributed by atoms with Crippen LogP contribution in [0.15, 0.2) is 46.8 Å². The molecular weight excluding hydrogens is 368 g/mol. The van der Waals surface area contributed by atoms with Gasteiger partial charge in [0, 0.05) is 30.5 Å². The van der Waals surface area contributed by atoms with Gasteiger partial charge in [0.25, 0.3) is 0 Å². The van der Waals surface area contributed by atoms with Crippen molar-refractivity contribution in [2.24, 2.45) is 4.99 Å². The number of hydrogen-bond donors (Lipinski definition) is 2. The van der Waals surface area contributed by atoms with Crippen molar-refractivity contribution < 1.29 is 4.79 Å². The predicted molar refractivity (Wildman–Crippen MR) is 110 cm³/mol. The van der Waals surface area contributed by atoms with Crippen molar-refractivity contribution in [3.63, 3.8) is 0 Å². The highest BCUT2D eigenvalue weighted by Gasteiger charge is 2.10. The highest BCUT2D eigenvalue weighted by atomic mass is 35.5. The van der Waals surface area contributed by atoms with Crippen molar-refractivity contribution in [3.05, 3.63) is 57.2 Å². The van der Waals surface area contributed by atoms with E-state index in [1.165, 1.54) is 9.78 Å². The maximum atomic E-state index is 11.9. The molecule has 26 heavy (non-hydrogen) atoms. The Morgan fingerprint density at radius 3 is 2.62 bits per heavy atom. The molecular formula is C19H25ClN4OS. The second kappa shape index (κ2) is 10.2. The number of thiophene rings is 1. The van der Waals surface area contributed by atoms with E-state index in [2.05, 4.69) is 27.1 Å². The van der Waals surface area contributed by atoms with Crippen molar-refractivity contribution in [1.29, 1.82) is 0 Å². The smallest absolute Gasteiger partial charge is 0.243 e. The van der Waals surface area contributed by atoms with E-state index in [9.17, 15) is 4.79 Å². The van der Waals surface area contributed by atoms with Crippen molar-refractivity contribution in [2.75, 3.05) is 27.2 Å². The number of hydrogen-bond acceptors (Lipinski definition) is 3. The Hall–Kier alpha value is -2.05. The monoisotopic (exact) mass is 392 g/mol. The molecule has 2 N–H and O–H groups in total. The first kappa shape index (κ1) is 20.3. The number of guanidine groups is 1. The van der Waals surface area contributed by atoms with E-state index in [1.807, 2.05) is 37.3 Å². The summed E-state index contributed by atoms with van der Waals surface area (Å²) in [5.74, 6) is 0.586. The van der Waals surface area contributed by atoms with Crippen molar-refractivity contribution in [3.8, 4) is 0 Å². The average molecular weight is 393 g/mol. The van der Waals surface area contributed by atoms with Gasteiger partial charge in [0.1, 0.15) is 6.54 Å². The van der Waals surface area contributed by atoms with Crippen LogP contribution in [0, 0.1) is 0 Å². The number of amides is 1. The van der Waals surface area contributed by atoms with Crippen molar-refractivity contribution in [2.45, 2.75) is 19.4 Å². The zero-order valence-electron chi connectivity index (χ0n) is 15.3. The van der Waals surface area contributed by atoms with Crippen molar-refractivity contribution in [1.82, 2.24) is 15.5 Å². The predicted octanol–water partition coefficient (Wildman–Crippen LogP) is 3.33. The number of halogens is 1. The Kier molecular flexibility index (Phi) is 7.94. The van der Waals surface area contributed by atoms with Crippen LogP contribution in [0.3, 0.4) is 0 Å². The van der Waals surface area contributed by atoms with Gasteiger partial charge in [-0.2, -0.15) is 0 Å². The molecule has 0 aliphatic rings. The van der Waals surface area contributed by atoms with Crippen LogP contribution in [0.2, 0.25) is 5.02 Å². The molecule has 7 heteroatoms. The molecule has 5 nitrogen and oxygen atoms in total. The third-order valence-electron chi connectivity index (χ3n) is 3.84. The molecule has 2 rings (SSSR count). The summed E-state index contributed by atoms with van der Waals surface area (Å²) in [6.07, 6.45) is 0.912. The van der Waals surface area contributed by atoms with Gasteiger partial charge >= 0.3 is 0 Å². The Morgan fingerprint density at radius 2 is 2.00 bits per heavy atom. The number of benzene rings is 1. The molecule has 1 aromatic heterocycles. The Bertz CT molecular complexity index is 714. The second-order valence-corrected chi connectivity index (χ2v) is 7.60. The van der Waals surface area contributed by atoms with Crippen LogP contribution >= 0.6 is 22.9 Å². The molecule has 1 aromatic carbocycles. The highest BCUT2D eigenvalue weighted by Crippen LogP contribution is 2.16. The molecule has 0 aliphatic heterocycles. The summed E-state index contributed by atoms with van der Waals surface area (Å²) in [4.78, 5) is 19.1. The molecule has 0 saturated heterocycles. The summed E-state index contributed by atoms with van der Waals surface area (Å²) in [7, 11) is 3.46. The van der Waals surface area contributed by atoms with Crippen LogP contribution in [0.5, 0.6) is 0 Å². The van der Waals surface area contributed by atoms with Gasteiger partial charge < -0.3 is 15.5 Å². The van der Waals surface area contributed by atoms with Gasteiger partial charge in [-0.05, 0) is 42.5 Å². The van der Waals surface area contributed by atoms with E-state index in [0.29, 0.717) is 11.0 Å². The zero-order valence-corrected chi connectivity index (χ0v) is 16.9. The third kappa shape index (κ3) is 6.69. The topological polar surface area (TPSA) is 56.7 Å². The highest BCUT2D eigenvalue weighted by molar-refractivity contribution is 7.09. The van der Waals surface area contributed by atoms with Crippen LogP contribution < -0.4 is 10.6 Å². The van der Waals surface area contributed by atoms with E-state index in [0.717, 1.165) is 18.5 Å². The quantitative estimate of drug-likeness (QED) is 0.561. The minimum absolute atomic E-state index is 0.0368. The van der Waals surface area contributed by atoms with Gasteiger partial charge in [0.05, 0.1) is 6.04 Å². The van der Waals surface area contributed by atoms with Gasteiger partial charge in [-0.25, -0.2) is 4.99 Å². The molecule has 0 bridgehead atoms. The standard InChI is InChI=1S/C19H25ClN4OS/c1-14(15-6-8-16(20)9-7-15)23-19(22-13-18(25)24(2)3)21-11-10-17-5-4-12-26-17/h4-9,12,14H,10-11,13H2,1-3H3,(H2,21,22,23). The van der Waals surface area contributed by atoms with E-state index < -0.39 is 0 Å². The van der Waals surface area contributed by atoms with Crippen LogP contribution in [0.1, 0.15) is 23.4 Å². The SMILES string of the molecule is CC(NC(=NCC(=O)N(C)C)NCCc1cccs1)c1ccc(Cl)cc1. The Morgan fingerprint density at radius 1 is 1.27 bits per heavy atom. The minimum atomic E-state index is -0.0384. The number of rotatable bonds is 7. The van der Waals surface area contributed by atoms with Crippen LogP contribution in [-0.4, -0.2) is 44.0 Å². The molecule has 140 valence electrons. The fraction of sp³-hybridized carbons (Fsp3) is 0.368. The molecule has 0 spiro atoms. The summed E-state index contributed by atoms with van der Waals surface area (Å²) >= 11 is 7.69. The lowest BCUT2D eigenvalue weighted by Crippen LogP contribution is -2.40. The van der Waals surface area contributed by atoms with E-state index in [-0.39, 0.29) is 18.5 Å². The molecule has 2 aromatic rings. The summed E-state index contributed by atoms with van der Waals surface area (Å²) < 4.78 is 0. The molecule has 0 aliphatic carbocycles. The van der Waals surface area contributed by atoms with Gasteiger partial charge in [-0.15, -0.1) is 11.3 Å². The molecule has 1 unspecified atom stereocenters. The molecule has 1 heterocycles. The summed E-state index contributed by atoms with van der Waals surface area (Å²) in [6.45, 7) is 2.90. The number of aliphatic imine (C=N–C) groups is 1. The fourth-order valence-corrected chi connectivity index (χ4v) is 3.07. The van der Waals surface area contributed by atoms with Crippen LogP contribution in [0.25, 0.3) is 0 Å². The van der Waals surface area contributed by atoms with Crippen LogP contribution in [-0.2, 0) is 11.2 Å². The first-order chi connectivity index (χ1) is 12.5. The van der Waals surface area contributed by atoms with E-state index in [4.69, 9.17) is 11.6 Å². The number of nitrogens with one attached hydrogen (secondary N) is 2. The molecule has 1 amide bonds. The molecule has 0 saturated carbocycles. The number of carbonyl (C=O) groups excluding carboxylic acids is 1. The number of likely N-dealkylation sites (N-methyl/N-ethyl adjacent to an activating group) is 1. The van der Waals surface area contributed by atoms with Gasteiger partial charge in [-0.3, -0.25) is 4.79 Å². The molecule has 0 radical (unpaired) electrons. The third-order valence-corrected chi connectivity index (χ3v) is 5.03. The number of carbonyl (C=O) groups is 1. The largest absolute Gasteiger partial charge is 0.356 e. The maximum Gasteiger partial charge on any atom is 0.243 e. The van der Waals surface area contributed by atoms with Crippen molar-refractivity contribution >= 4 is 34.8 Å².